The van der Waals surface area contributed by atoms with Crippen molar-refractivity contribution in [2.75, 3.05) is 0 Å². The van der Waals surface area contributed by atoms with E-state index in [-0.39, 0.29) is 11.7 Å². The van der Waals surface area contributed by atoms with E-state index in [0.717, 1.165) is 0 Å². The van der Waals surface area contributed by atoms with Gasteiger partial charge in [0, 0.05) is 5.92 Å². The molecule has 0 fully saturated rings. The molecule has 0 saturated heterocycles. The minimum absolute atomic E-state index is 0.112. The fourth-order valence-electron chi connectivity index (χ4n) is 3.42. The number of hydrogen-bond donors (Lipinski definition) is 0. The first kappa shape index (κ1) is 19.2. The molecule has 1 unspecified atom stereocenters. The van der Waals surface area contributed by atoms with E-state index in [2.05, 4.69) is 65.0 Å². The third-order valence-electron chi connectivity index (χ3n) is 4.43. The molecule has 0 N–H and O–H groups in total. The number of hydrogen-bond acceptors (Lipinski definition) is 1. The van der Waals surface area contributed by atoms with Gasteiger partial charge in [0.25, 0.3) is 0 Å². The van der Waals surface area contributed by atoms with Crippen molar-refractivity contribution in [1.82, 2.24) is 0 Å². The van der Waals surface area contributed by atoms with Crippen LogP contribution in [-0.2, 0) is 4.74 Å². The van der Waals surface area contributed by atoms with E-state index in [0.29, 0.717) is 5.92 Å². The minimum Gasteiger partial charge on any atom is -0.372 e. The van der Waals surface area contributed by atoms with Crippen LogP contribution in [0.25, 0.3) is 0 Å². The second kappa shape index (κ2) is 10.0. The molecule has 0 bridgehead atoms. The molecule has 1 aromatic carbocycles. The van der Waals surface area contributed by atoms with Gasteiger partial charge in [-0.05, 0) is 39.7 Å². The second-order valence-corrected chi connectivity index (χ2v) is 7.29. The van der Waals surface area contributed by atoms with Gasteiger partial charge in [-0.15, -0.1) is 0 Å². The summed E-state index contributed by atoms with van der Waals surface area (Å²) in [6.07, 6.45) is 9.60. The average Bonchev–Trinajstić information content (AvgIpc) is 2.45. The largest absolute Gasteiger partial charge is 0.372 e. The zero-order valence-corrected chi connectivity index (χ0v) is 15.4. The van der Waals surface area contributed by atoms with Crippen LogP contribution in [0.15, 0.2) is 30.3 Å². The Labute approximate surface area is 138 Å². The van der Waals surface area contributed by atoms with Gasteiger partial charge in [0.2, 0.25) is 0 Å². The van der Waals surface area contributed by atoms with Crippen LogP contribution in [0.4, 0.5) is 0 Å². The molecule has 1 heteroatoms. The fourth-order valence-corrected chi connectivity index (χ4v) is 3.42. The molecule has 1 nitrogen and oxygen atoms in total. The van der Waals surface area contributed by atoms with E-state index < -0.39 is 0 Å². The summed E-state index contributed by atoms with van der Waals surface area (Å²) in [5.41, 5.74) is 1.31. The van der Waals surface area contributed by atoms with Crippen molar-refractivity contribution in [3.63, 3.8) is 0 Å². The topological polar surface area (TPSA) is 9.23 Å². The summed E-state index contributed by atoms with van der Waals surface area (Å²) in [6, 6.07) is 10.9. The van der Waals surface area contributed by atoms with Gasteiger partial charge in [0.05, 0.1) is 11.7 Å². The Morgan fingerprint density at radius 3 is 2.09 bits per heavy atom. The Bertz CT molecular complexity index is 380. The summed E-state index contributed by atoms with van der Waals surface area (Å²) >= 11 is 0. The van der Waals surface area contributed by atoms with Gasteiger partial charge in [0.1, 0.15) is 0 Å². The third-order valence-corrected chi connectivity index (χ3v) is 4.43. The Kier molecular flexibility index (Phi) is 8.78. The lowest BCUT2D eigenvalue weighted by molar-refractivity contribution is -0.0745. The second-order valence-electron chi connectivity index (χ2n) is 7.29. The summed E-state index contributed by atoms with van der Waals surface area (Å²) in [4.78, 5) is 0. The van der Waals surface area contributed by atoms with E-state index >= 15 is 0 Å². The summed E-state index contributed by atoms with van der Waals surface area (Å²) in [6.45, 7) is 11.0. The Morgan fingerprint density at radius 2 is 1.50 bits per heavy atom. The van der Waals surface area contributed by atoms with Gasteiger partial charge >= 0.3 is 0 Å². The van der Waals surface area contributed by atoms with Crippen LogP contribution in [0.3, 0.4) is 0 Å². The van der Waals surface area contributed by atoms with Crippen molar-refractivity contribution in [3.05, 3.63) is 35.9 Å². The molecule has 22 heavy (non-hydrogen) atoms. The van der Waals surface area contributed by atoms with Crippen LogP contribution in [0, 0.1) is 0 Å². The molecular weight excluding hydrogens is 268 g/mol. The Morgan fingerprint density at radius 1 is 0.909 bits per heavy atom. The van der Waals surface area contributed by atoms with E-state index in [4.69, 9.17) is 4.74 Å². The molecule has 0 aliphatic carbocycles. The van der Waals surface area contributed by atoms with Crippen LogP contribution in [-0.4, -0.2) is 11.7 Å². The predicted molar refractivity (Wildman–Crippen MR) is 97.5 cm³/mol. The molecule has 0 heterocycles. The summed E-state index contributed by atoms with van der Waals surface area (Å²) < 4.78 is 6.25. The molecule has 0 aliphatic rings. The fraction of sp³-hybridized carbons (Fsp3) is 0.714. The quantitative estimate of drug-likeness (QED) is 0.412. The van der Waals surface area contributed by atoms with Crippen molar-refractivity contribution in [2.24, 2.45) is 0 Å². The minimum atomic E-state index is -0.112. The highest BCUT2D eigenvalue weighted by Crippen LogP contribution is 2.36. The van der Waals surface area contributed by atoms with Crippen molar-refractivity contribution in [1.29, 1.82) is 0 Å². The normalized spacial score (nSPS) is 13.5. The summed E-state index contributed by atoms with van der Waals surface area (Å²) in [5, 5.41) is 0. The standard InChI is InChI=1S/C21H36O/c1-6-7-8-9-10-14-17-20(19-15-12-11-13-16-19)21(4,5)22-18(2)3/h11-13,15-16,18,20H,6-10,14,17H2,1-5H3. The number of rotatable bonds is 11. The molecule has 0 aliphatic heterocycles. The van der Waals surface area contributed by atoms with Crippen molar-refractivity contribution < 1.29 is 4.74 Å². The van der Waals surface area contributed by atoms with Crippen LogP contribution in [0.2, 0.25) is 0 Å². The number of ether oxygens (including phenoxy) is 1. The monoisotopic (exact) mass is 304 g/mol. The van der Waals surface area contributed by atoms with Crippen LogP contribution in [0.1, 0.15) is 91.0 Å². The van der Waals surface area contributed by atoms with Gasteiger partial charge in [-0.2, -0.15) is 0 Å². The maximum absolute atomic E-state index is 6.25. The predicted octanol–water partition coefficient (Wildman–Crippen LogP) is 6.72. The van der Waals surface area contributed by atoms with E-state index in [1.807, 2.05) is 0 Å². The molecule has 1 atom stereocenters. The Hall–Kier alpha value is -0.820. The van der Waals surface area contributed by atoms with Crippen LogP contribution < -0.4 is 0 Å². The molecule has 0 spiro atoms. The lowest BCUT2D eigenvalue weighted by Gasteiger charge is -2.36. The van der Waals surface area contributed by atoms with E-state index in [1.165, 1.54) is 50.5 Å². The zero-order valence-electron chi connectivity index (χ0n) is 15.4. The first-order valence-corrected chi connectivity index (χ1v) is 9.20. The van der Waals surface area contributed by atoms with Gasteiger partial charge in [-0.25, -0.2) is 0 Å². The molecule has 0 radical (unpaired) electrons. The zero-order chi connectivity index (χ0) is 16.4. The lowest BCUT2D eigenvalue weighted by atomic mass is 9.80. The average molecular weight is 305 g/mol. The van der Waals surface area contributed by atoms with Gasteiger partial charge in [-0.3, -0.25) is 0 Å². The number of unbranched alkanes of at least 4 members (excludes halogenated alkanes) is 5. The SMILES string of the molecule is CCCCCCCCC(c1ccccc1)C(C)(C)OC(C)C. The lowest BCUT2D eigenvalue weighted by Crippen LogP contribution is -2.35. The van der Waals surface area contributed by atoms with E-state index in [1.54, 1.807) is 0 Å². The van der Waals surface area contributed by atoms with Crippen molar-refractivity contribution in [3.8, 4) is 0 Å². The maximum atomic E-state index is 6.25. The summed E-state index contributed by atoms with van der Waals surface area (Å²) in [7, 11) is 0. The van der Waals surface area contributed by atoms with Crippen LogP contribution >= 0.6 is 0 Å². The van der Waals surface area contributed by atoms with Crippen LogP contribution in [0.5, 0.6) is 0 Å². The molecule has 0 aromatic heterocycles. The maximum Gasteiger partial charge on any atom is 0.0698 e. The smallest absolute Gasteiger partial charge is 0.0698 e. The molecule has 126 valence electrons. The third kappa shape index (κ3) is 6.96. The molecule has 0 saturated carbocycles. The first-order valence-electron chi connectivity index (χ1n) is 9.20. The highest BCUT2D eigenvalue weighted by molar-refractivity contribution is 5.22. The highest BCUT2D eigenvalue weighted by atomic mass is 16.5. The molecule has 1 aromatic rings. The Balaban J connectivity index is 2.63. The highest BCUT2D eigenvalue weighted by Gasteiger charge is 2.32. The number of benzene rings is 1. The van der Waals surface area contributed by atoms with E-state index in [9.17, 15) is 0 Å². The first-order chi connectivity index (χ1) is 10.5. The van der Waals surface area contributed by atoms with Crippen molar-refractivity contribution in [2.45, 2.75) is 97.2 Å². The molecular formula is C21H36O. The van der Waals surface area contributed by atoms with Gasteiger partial charge in [0.15, 0.2) is 0 Å². The summed E-state index contributed by atoms with van der Waals surface area (Å²) in [5.74, 6) is 0.474. The van der Waals surface area contributed by atoms with Gasteiger partial charge in [-0.1, -0.05) is 75.8 Å². The van der Waals surface area contributed by atoms with Gasteiger partial charge < -0.3 is 4.74 Å². The molecule has 1 rings (SSSR count). The van der Waals surface area contributed by atoms with Crippen molar-refractivity contribution >= 4 is 0 Å². The molecule has 0 amide bonds.